The summed E-state index contributed by atoms with van der Waals surface area (Å²) < 4.78 is 0. The van der Waals surface area contributed by atoms with Crippen LogP contribution in [0.1, 0.15) is 34.3 Å². The van der Waals surface area contributed by atoms with Crippen molar-refractivity contribution in [2.45, 2.75) is 18.4 Å². The molecular formula is C14H10ClNO. The van der Waals surface area contributed by atoms with E-state index in [4.69, 9.17) is 11.6 Å². The van der Waals surface area contributed by atoms with E-state index in [1.54, 1.807) is 0 Å². The van der Waals surface area contributed by atoms with Crippen LogP contribution >= 0.6 is 11.6 Å². The van der Waals surface area contributed by atoms with Gasteiger partial charge in [0.1, 0.15) is 5.54 Å². The number of hydrogen-bond donors (Lipinski definition) is 1. The highest BCUT2D eigenvalue weighted by Gasteiger charge is 2.50. The van der Waals surface area contributed by atoms with Crippen molar-refractivity contribution in [1.82, 2.24) is 5.32 Å². The predicted molar refractivity (Wildman–Crippen MR) is 66.2 cm³/mol. The summed E-state index contributed by atoms with van der Waals surface area (Å²) in [6.45, 7) is 2.07. The van der Waals surface area contributed by atoms with Crippen molar-refractivity contribution in [3.05, 3.63) is 57.6 Å². The number of carbonyl (C=O) groups excluding carboxylic acids is 1. The van der Waals surface area contributed by atoms with Crippen LogP contribution in [-0.2, 0) is 5.54 Å². The van der Waals surface area contributed by atoms with E-state index >= 15 is 0 Å². The fourth-order valence-electron chi connectivity index (χ4n) is 3.27. The Hall–Kier alpha value is -1.54. The Bertz CT molecular complexity index is 644. The van der Waals surface area contributed by atoms with Crippen LogP contribution in [0.2, 0.25) is 5.02 Å². The minimum atomic E-state index is -0.429. The molecule has 2 atom stereocenters. The van der Waals surface area contributed by atoms with Gasteiger partial charge in [-0.05, 0) is 24.1 Å². The first-order chi connectivity index (χ1) is 8.13. The van der Waals surface area contributed by atoms with Gasteiger partial charge >= 0.3 is 0 Å². The molecule has 0 aromatic heterocycles. The molecule has 0 fully saturated rings. The lowest BCUT2D eigenvalue weighted by atomic mass is 9.68. The molecule has 1 aromatic rings. The number of hydrogen-bond acceptors (Lipinski definition) is 1. The summed E-state index contributed by atoms with van der Waals surface area (Å²) in [5, 5.41) is 3.62. The van der Waals surface area contributed by atoms with E-state index in [2.05, 4.69) is 30.5 Å². The SMILES string of the molecule is CC1=CC2C=CC13NC(=O)c1c(Cl)ccc2c13. The first kappa shape index (κ1) is 9.49. The monoisotopic (exact) mass is 243 g/mol. The zero-order valence-electron chi connectivity index (χ0n) is 9.25. The molecule has 2 bridgehead atoms. The summed E-state index contributed by atoms with van der Waals surface area (Å²) >= 11 is 6.16. The number of rotatable bonds is 0. The van der Waals surface area contributed by atoms with Crippen LogP contribution in [-0.4, -0.2) is 5.91 Å². The van der Waals surface area contributed by atoms with E-state index in [-0.39, 0.29) is 11.8 Å². The number of allylic oxidation sites excluding steroid dienone is 2. The Morgan fingerprint density at radius 3 is 3.00 bits per heavy atom. The van der Waals surface area contributed by atoms with Gasteiger partial charge in [-0.15, -0.1) is 0 Å². The Morgan fingerprint density at radius 2 is 2.24 bits per heavy atom. The fraction of sp³-hybridized carbons (Fsp3) is 0.214. The molecule has 0 radical (unpaired) electrons. The number of halogens is 1. The Morgan fingerprint density at radius 1 is 1.41 bits per heavy atom. The predicted octanol–water partition coefficient (Wildman–Crippen LogP) is 2.89. The smallest absolute Gasteiger partial charge is 0.254 e. The molecule has 84 valence electrons. The van der Waals surface area contributed by atoms with Crippen LogP contribution < -0.4 is 5.32 Å². The van der Waals surface area contributed by atoms with Gasteiger partial charge in [-0.3, -0.25) is 4.79 Å². The van der Waals surface area contributed by atoms with Gasteiger partial charge in [0.05, 0.1) is 10.6 Å². The zero-order valence-corrected chi connectivity index (χ0v) is 10.0. The summed E-state index contributed by atoms with van der Waals surface area (Å²) in [5.74, 6) is 0.224. The third kappa shape index (κ3) is 0.882. The van der Waals surface area contributed by atoms with Crippen LogP contribution in [0.5, 0.6) is 0 Å². The zero-order chi connectivity index (χ0) is 11.8. The molecule has 5 rings (SSSR count). The van der Waals surface area contributed by atoms with E-state index < -0.39 is 5.54 Å². The molecule has 1 amide bonds. The molecule has 0 saturated carbocycles. The largest absolute Gasteiger partial charge is 0.335 e. The van der Waals surface area contributed by atoms with Gasteiger partial charge in [0.15, 0.2) is 0 Å². The van der Waals surface area contributed by atoms with Crippen LogP contribution in [0.4, 0.5) is 0 Å². The van der Waals surface area contributed by atoms with Crippen molar-refractivity contribution >= 4 is 17.5 Å². The Labute approximate surface area is 104 Å². The van der Waals surface area contributed by atoms with Gasteiger partial charge in [0.25, 0.3) is 5.91 Å². The van der Waals surface area contributed by atoms with Gasteiger partial charge in [-0.1, -0.05) is 35.9 Å². The lowest BCUT2D eigenvalue weighted by Crippen LogP contribution is -2.43. The number of carbonyl (C=O) groups is 1. The molecule has 1 heterocycles. The van der Waals surface area contributed by atoms with Crippen LogP contribution in [0, 0.1) is 0 Å². The standard InChI is InChI=1S/C14H10ClNO/c1-7-6-8-4-5-14(7)12-9(8)2-3-10(15)11(12)13(17)16-14/h2-6,8H,1H3,(H,16,17). The highest BCUT2D eigenvalue weighted by atomic mass is 35.5. The lowest BCUT2D eigenvalue weighted by molar-refractivity contribution is 0.0948. The van der Waals surface area contributed by atoms with Gasteiger partial charge in [0, 0.05) is 11.5 Å². The van der Waals surface area contributed by atoms with E-state index in [9.17, 15) is 4.79 Å². The summed E-state index contributed by atoms with van der Waals surface area (Å²) in [4.78, 5) is 12.1. The van der Waals surface area contributed by atoms with Gasteiger partial charge in [-0.25, -0.2) is 0 Å². The Balaban J connectivity index is 2.19. The van der Waals surface area contributed by atoms with E-state index in [0.717, 1.165) is 5.56 Å². The topological polar surface area (TPSA) is 29.1 Å². The number of amides is 1. The maximum absolute atomic E-state index is 12.1. The molecule has 2 nitrogen and oxygen atoms in total. The van der Waals surface area contributed by atoms with Crippen LogP contribution in [0.3, 0.4) is 0 Å². The maximum Gasteiger partial charge on any atom is 0.254 e. The summed E-state index contributed by atoms with van der Waals surface area (Å²) in [6.07, 6.45) is 6.46. The van der Waals surface area contributed by atoms with Crippen molar-refractivity contribution in [2.75, 3.05) is 0 Å². The van der Waals surface area contributed by atoms with Crippen molar-refractivity contribution in [3.8, 4) is 0 Å². The van der Waals surface area contributed by atoms with Crippen molar-refractivity contribution < 1.29 is 4.79 Å². The second-order valence-electron chi connectivity index (χ2n) is 4.88. The average Bonchev–Trinajstić information content (AvgIpc) is 2.61. The number of benzene rings is 1. The molecule has 3 aliphatic carbocycles. The molecule has 17 heavy (non-hydrogen) atoms. The molecular weight excluding hydrogens is 234 g/mol. The first-order valence-electron chi connectivity index (χ1n) is 5.67. The molecule has 2 unspecified atom stereocenters. The first-order valence-corrected chi connectivity index (χ1v) is 6.05. The van der Waals surface area contributed by atoms with Crippen LogP contribution in [0.25, 0.3) is 0 Å². The molecule has 1 N–H and O–H groups in total. The van der Waals surface area contributed by atoms with Gasteiger partial charge in [0.2, 0.25) is 0 Å². The number of nitrogens with one attached hydrogen (secondary N) is 1. The quantitative estimate of drug-likeness (QED) is 0.698. The fourth-order valence-corrected chi connectivity index (χ4v) is 3.52. The minimum Gasteiger partial charge on any atom is -0.335 e. The summed E-state index contributed by atoms with van der Waals surface area (Å²) in [7, 11) is 0. The van der Waals surface area contributed by atoms with Crippen molar-refractivity contribution in [3.63, 3.8) is 0 Å². The second-order valence-corrected chi connectivity index (χ2v) is 5.29. The van der Waals surface area contributed by atoms with Gasteiger partial charge in [-0.2, -0.15) is 0 Å². The molecule has 1 aromatic carbocycles. The molecule has 1 aliphatic heterocycles. The lowest BCUT2D eigenvalue weighted by Gasteiger charge is -2.39. The average molecular weight is 244 g/mol. The second kappa shape index (κ2) is 2.65. The maximum atomic E-state index is 12.1. The third-order valence-electron chi connectivity index (χ3n) is 4.08. The molecule has 3 heteroatoms. The Kier molecular flexibility index (Phi) is 1.48. The van der Waals surface area contributed by atoms with Gasteiger partial charge < -0.3 is 5.32 Å². The highest BCUT2D eigenvalue weighted by Crippen LogP contribution is 2.52. The summed E-state index contributed by atoms with van der Waals surface area (Å²) in [5.41, 5.74) is 3.69. The van der Waals surface area contributed by atoms with E-state index in [0.29, 0.717) is 10.6 Å². The normalized spacial score (nSPS) is 31.3. The summed E-state index contributed by atoms with van der Waals surface area (Å²) in [6, 6.07) is 3.86. The van der Waals surface area contributed by atoms with E-state index in [1.807, 2.05) is 12.1 Å². The molecule has 4 aliphatic rings. The van der Waals surface area contributed by atoms with E-state index in [1.165, 1.54) is 11.1 Å². The van der Waals surface area contributed by atoms with Crippen LogP contribution in [0.15, 0.2) is 35.9 Å². The van der Waals surface area contributed by atoms with Crippen molar-refractivity contribution in [1.29, 1.82) is 0 Å². The molecule has 0 saturated heterocycles. The van der Waals surface area contributed by atoms with Crippen molar-refractivity contribution in [2.24, 2.45) is 0 Å². The highest BCUT2D eigenvalue weighted by molar-refractivity contribution is 6.34. The molecule has 1 spiro atoms. The minimum absolute atomic E-state index is 0.0631. The third-order valence-corrected chi connectivity index (χ3v) is 4.40.